The maximum Gasteiger partial charge on any atom is 0.326 e. The highest BCUT2D eigenvalue weighted by Gasteiger charge is 2.21. The molecule has 2 amide bonds. The molecule has 10 heteroatoms. The zero-order chi connectivity index (χ0) is 18.2. The number of rotatable bonds is 9. The molecule has 0 aromatic heterocycles. The third-order valence-corrected chi connectivity index (χ3v) is 3.70. The molecule has 132 valence electrons. The van der Waals surface area contributed by atoms with Gasteiger partial charge in [0.25, 0.3) is 16.0 Å². The van der Waals surface area contributed by atoms with E-state index in [0.717, 1.165) is 0 Å². The minimum absolute atomic E-state index is 0.161. The molecular weight excluding hydrogens is 340 g/mol. The van der Waals surface area contributed by atoms with Crippen LogP contribution in [0.5, 0.6) is 0 Å². The van der Waals surface area contributed by atoms with E-state index in [4.69, 9.17) is 9.66 Å². The molecule has 0 radical (unpaired) electrons. The van der Waals surface area contributed by atoms with Gasteiger partial charge in [0.05, 0.1) is 5.75 Å². The summed E-state index contributed by atoms with van der Waals surface area (Å²) >= 11 is 0. The number of aliphatic carboxylic acids is 1. The lowest BCUT2D eigenvalue weighted by molar-refractivity contribution is -0.139. The van der Waals surface area contributed by atoms with Gasteiger partial charge in [-0.15, -0.1) is 0 Å². The van der Waals surface area contributed by atoms with Gasteiger partial charge in [0, 0.05) is 18.5 Å². The van der Waals surface area contributed by atoms with Crippen molar-refractivity contribution < 1.29 is 32.5 Å². The molecule has 0 aliphatic carbocycles. The molecule has 0 aliphatic rings. The van der Waals surface area contributed by atoms with E-state index in [0.29, 0.717) is 5.56 Å². The van der Waals surface area contributed by atoms with E-state index in [1.807, 2.05) is 0 Å². The van der Waals surface area contributed by atoms with E-state index in [1.54, 1.807) is 18.2 Å². The number of hydrogen-bond acceptors (Lipinski definition) is 5. The lowest BCUT2D eigenvalue weighted by Crippen LogP contribution is -2.41. The molecule has 24 heavy (non-hydrogen) atoms. The average Bonchev–Trinajstić information content (AvgIpc) is 2.50. The summed E-state index contributed by atoms with van der Waals surface area (Å²) in [6.07, 6.45) is -0.386. The summed E-state index contributed by atoms with van der Waals surface area (Å²) in [6, 6.07) is 6.76. The Balaban J connectivity index is 2.47. The third kappa shape index (κ3) is 7.70. The first-order chi connectivity index (χ1) is 11.2. The zero-order valence-electron chi connectivity index (χ0n) is 12.6. The van der Waals surface area contributed by atoms with Crippen LogP contribution in [-0.4, -0.2) is 54.2 Å². The number of hydrogen-bond donors (Lipinski definition) is 4. The van der Waals surface area contributed by atoms with Crippen LogP contribution >= 0.6 is 0 Å². The summed E-state index contributed by atoms with van der Waals surface area (Å²) in [5, 5.41) is 13.7. The summed E-state index contributed by atoms with van der Waals surface area (Å²) in [5.74, 6) is -3.08. The standard InChI is InChI=1S/C14H18N2O7S/c17-12(15-8-9-24(21,22)23)7-6-11(14(19)20)16-13(18)10-4-2-1-3-5-10/h1-5,11H,6-9H2,(H,15,17)(H,16,18)(H,19,20)(H,21,22,23)/t11-/m0/s1. The summed E-state index contributed by atoms with van der Waals surface area (Å²) < 4.78 is 29.5. The van der Waals surface area contributed by atoms with Crippen molar-refractivity contribution >= 4 is 27.9 Å². The molecule has 0 heterocycles. The molecule has 0 fully saturated rings. The number of amides is 2. The van der Waals surface area contributed by atoms with Crippen LogP contribution < -0.4 is 10.6 Å². The number of benzene rings is 1. The lowest BCUT2D eigenvalue weighted by Gasteiger charge is -2.14. The van der Waals surface area contributed by atoms with E-state index in [1.165, 1.54) is 12.1 Å². The zero-order valence-corrected chi connectivity index (χ0v) is 13.5. The van der Waals surface area contributed by atoms with Crippen molar-refractivity contribution in [2.24, 2.45) is 0 Å². The SMILES string of the molecule is O=C(CC[C@H](NC(=O)c1ccccc1)C(=O)O)NCCS(=O)(=O)O. The number of carbonyl (C=O) groups is 3. The fourth-order valence-electron chi connectivity index (χ4n) is 1.77. The van der Waals surface area contributed by atoms with Crippen LogP contribution in [0.2, 0.25) is 0 Å². The topological polar surface area (TPSA) is 150 Å². The Bertz CT molecular complexity index is 688. The summed E-state index contributed by atoms with van der Waals surface area (Å²) in [5.41, 5.74) is 0.293. The predicted molar refractivity (Wildman–Crippen MR) is 84.0 cm³/mol. The van der Waals surface area contributed by atoms with Crippen LogP contribution in [0.3, 0.4) is 0 Å². The van der Waals surface area contributed by atoms with Crippen LogP contribution in [0.25, 0.3) is 0 Å². The molecular formula is C14H18N2O7S. The molecule has 0 saturated heterocycles. The second kappa shape index (κ2) is 8.99. The van der Waals surface area contributed by atoms with Gasteiger partial charge in [-0.25, -0.2) is 4.79 Å². The minimum atomic E-state index is -4.18. The van der Waals surface area contributed by atoms with Gasteiger partial charge in [-0.2, -0.15) is 8.42 Å². The van der Waals surface area contributed by atoms with Crippen molar-refractivity contribution in [1.82, 2.24) is 10.6 Å². The molecule has 0 bridgehead atoms. The fraction of sp³-hybridized carbons (Fsp3) is 0.357. The molecule has 0 aliphatic heterocycles. The highest BCUT2D eigenvalue weighted by molar-refractivity contribution is 7.85. The maximum atomic E-state index is 11.9. The first kappa shape index (κ1) is 19.6. The van der Waals surface area contributed by atoms with Crippen LogP contribution in [0, 0.1) is 0 Å². The van der Waals surface area contributed by atoms with Crippen LogP contribution in [0.1, 0.15) is 23.2 Å². The molecule has 4 N–H and O–H groups in total. The number of carboxylic acid groups (broad SMARTS) is 1. The van der Waals surface area contributed by atoms with Gasteiger partial charge in [0.2, 0.25) is 5.91 Å². The molecule has 9 nitrogen and oxygen atoms in total. The second-order valence-electron chi connectivity index (χ2n) is 4.90. The van der Waals surface area contributed by atoms with Crippen LogP contribution in [0.4, 0.5) is 0 Å². The molecule has 1 aromatic rings. The lowest BCUT2D eigenvalue weighted by atomic mass is 10.1. The van der Waals surface area contributed by atoms with Crippen molar-refractivity contribution in [3.05, 3.63) is 35.9 Å². The highest BCUT2D eigenvalue weighted by Crippen LogP contribution is 2.03. The van der Waals surface area contributed by atoms with E-state index in [-0.39, 0.29) is 19.4 Å². The molecule has 0 spiro atoms. The molecule has 1 rings (SSSR count). The molecule has 1 atom stereocenters. The summed E-state index contributed by atoms with van der Waals surface area (Å²) in [4.78, 5) is 34.6. The van der Waals surface area contributed by atoms with E-state index < -0.39 is 39.7 Å². The van der Waals surface area contributed by atoms with Crippen molar-refractivity contribution in [1.29, 1.82) is 0 Å². The van der Waals surface area contributed by atoms with Crippen molar-refractivity contribution in [2.45, 2.75) is 18.9 Å². The van der Waals surface area contributed by atoms with E-state index >= 15 is 0 Å². The smallest absolute Gasteiger partial charge is 0.326 e. The van der Waals surface area contributed by atoms with Crippen molar-refractivity contribution in [2.75, 3.05) is 12.3 Å². The highest BCUT2D eigenvalue weighted by atomic mass is 32.2. The number of carbonyl (C=O) groups excluding carboxylic acids is 2. The van der Waals surface area contributed by atoms with Crippen molar-refractivity contribution in [3.63, 3.8) is 0 Å². The Kier molecular flexibility index (Phi) is 7.33. The molecule has 0 unspecified atom stereocenters. The average molecular weight is 358 g/mol. The van der Waals surface area contributed by atoms with Gasteiger partial charge in [-0.3, -0.25) is 14.1 Å². The largest absolute Gasteiger partial charge is 0.480 e. The monoisotopic (exact) mass is 358 g/mol. The van der Waals surface area contributed by atoms with Gasteiger partial charge in [0.1, 0.15) is 6.04 Å². The number of nitrogens with one attached hydrogen (secondary N) is 2. The number of carboxylic acids is 1. The summed E-state index contributed by atoms with van der Waals surface area (Å²) in [7, 11) is -4.18. The van der Waals surface area contributed by atoms with Gasteiger partial charge in [-0.05, 0) is 18.6 Å². The first-order valence-corrected chi connectivity index (χ1v) is 8.60. The Labute approximate surface area is 138 Å². The van der Waals surface area contributed by atoms with E-state index in [9.17, 15) is 22.8 Å². The molecule has 1 aromatic carbocycles. The van der Waals surface area contributed by atoms with Crippen molar-refractivity contribution in [3.8, 4) is 0 Å². The summed E-state index contributed by atoms with van der Waals surface area (Å²) in [6.45, 7) is -0.286. The van der Waals surface area contributed by atoms with Crippen LogP contribution in [0.15, 0.2) is 30.3 Å². The predicted octanol–water partition coefficient (Wildman–Crippen LogP) is -0.346. The van der Waals surface area contributed by atoms with Gasteiger partial charge in [-0.1, -0.05) is 18.2 Å². The van der Waals surface area contributed by atoms with Gasteiger partial charge >= 0.3 is 5.97 Å². The van der Waals surface area contributed by atoms with E-state index in [2.05, 4.69) is 10.6 Å². The van der Waals surface area contributed by atoms with Crippen LogP contribution in [-0.2, 0) is 19.7 Å². The quantitative estimate of drug-likeness (QED) is 0.441. The van der Waals surface area contributed by atoms with Gasteiger partial charge < -0.3 is 15.7 Å². The van der Waals surface area contributed by atoms with Gasteiger partial charge in [0.15, 0.2) is 0 Å². The first-order valence-electron chi connectivity index (χ1n) is 6.99. The Morgan fingerprint density at radius 3 is 2.29 bits per heavy atom. The second-order valence-corrected chi connectivity index (χ2v) is 6.48. The Morgan fingerprint density at radius 2 is 1.75 bits per heavy atom. The minimum Gasteiger partial charge on any atom is -0.480 e. The fourth-order valence-corrected chi connectivity index (χ4v) is 2.13. The molecule has 0 saturated carbocycles. The Morgan fingerprint density at radius 1 is 1.12 bits per heavy atom. The third-order valence-electron chi connectivity index (χ3n) is 2.98. The Hall–Kier alpha value is -2.46. The normalized spacial score (nSPS) is 12.2. The maximum absolute atomic E-state index is 11.9.